The second-order valence-corrected chi connectivity index (χ2v) is 10.8. The number of rotatable bonds is 8. The summed E-state index contributed by atoms with van der Waals surface area (Å²) in [5.74, 6) is 2.33. The van der Waals surface area contributed by atoms with E-state index in [0.29, 0.717) is 48.6 Å². The maximum absolute atomic E-state index is 12.8. The van der Waals surface area contributed by atoms with Gasteiger partial charge in [0.05, 0.1) is 4.90 Å². The molecule has 5 rings (SSSR count). The zero-order chi connectivity index (χ0) is 23.5. The van der Waals surface area contributed by atoms with Gasteiger partial charge in [0.1, 0.15) is 19.8 Å². The number of fused-ring (bicyclic) bond motifs is 2. The fourth-order valence-corrected chi connectivity index (χ4v) is 5.73. The average molecular weight is 503 g/mol. The number of likely N-dealkylation sites (tertiary alicyclic amines) is 1. The quantitative estimate of drug-likeness (QED) is 0.502. The number of hydrogen-bond acceptors (Lipinski definition) is 6. The molecule has 1 saturated heterocycles. The second kappa shape index (κ2) is 10.00. The van der Waals surface area contributed by atoms with E-state index in [1.165, 1.54) is 0 Å². The highest BCUT2D eigenvalue weighted by atomic mass is 35.5. The van der Waals surface area contributed by atoms with Crippen molar-refractivity contribution in [1.82, 2.24) is 9.62 Å². The van der Waals surface area contributed by atoms with E-state index in [2.05, 4.69) is 9.62 Å². The summed E-state index contributed by atoms with van der Waals surface area (Å²) < 4.78 is 45.7. The molecule has 1 fully saturated rings. The summed E-state index contributed by atoms with van der Waals surface area (Å²) in [7, 11) is -3.58. The number of hydrogen-bond donors (Lipinski definition) is 1. The van der Waals surface area contributed by atoms with Gasteiger partial charge in [-0.3, -0.25) is 4.90 Å². The number of halogens is 1. The minimum Gasteiger partial charge on any atom is -0.488 e. The van der Waals surface area contributed by atoms with Gasteiger partial charge in [-0.2, -0.15) is 0 Å². The Morgan fingerprint density at radius 1 is 1.06 bits per heavy atom. The highest BCUT2D eigenvalue weighted by Crippen LogP contribution is 2.38. The first-order valence-corrected chi connectivity index (χ1v) is 13.3. The first-order valence-electron chi connectivity index (χ1n) is 11.4. The largest absolute Gasteiger partial charge is 0.488 e. The van der Waals surface area contributed by atoms with E-state index in [0.717, 1.165) is 36.8 Å². The predicted molar refractivity (Wildman–Crippen MR) is 132 cm³/mol. The van der Waals surface area contributed by atoms with Crippen LogP contribution in [0, 0.1) is 5.92 Å². The molecule has 0 aliphatic carbocycles. The van der Waals surface area contributed by atoms with Gasteiger partial charge in [-0.25, -0.2) is 13.1 Å². The van der Waals surface area contributed by atoms with E-state index >= 15 is 0 Å². The van der Waals surface area contributed by atoms with Crippen LogP contribution in [0.3, 0.4) is 0 Å². The van der Waals surface area contributed by atoms with E-state index in [4.69, 9.17) is 25.8 Å². The Balaban J connectivity index is 1.11. The molecule has 0 radical (unpaired) electrons. The van der Waals surface area contributed by atoms with Gasteiger partial charge < -0.3 is 14.2 Å². The van der Waals surface area contributed by atoms with Crippen LogP contribution < -0.4 is 18.9 Å². The lowest BCUT2D eigenvalue weighted by atomic mass is 10.1. The van der Waals surface area contributed by atoms with Crippen LogP contribution in [-0.2, 0) is 10.0 Å². The van der Waals surface area contributed by atoms with E-state index < -0.39 is 10.0 Å². The first-order chi connectivity index (χ1) is 16.5. The summed E-state index contributed by atoms with van der Waals surface area (Å²) in [4.78, 5) is 2.56. The molecule has 0 aromatic heterocycles. The molecule has 2 aliphatic rings. The Morgan fingerprint density at radius 2 is 1.88 bits per heavy atom. The molecule has 7 nitrogen and oxygen atoms in total. The third-order valence-corrected chi connectivity index (χ3v) is 7.87. The van der Waals surface area contributed by atoms with Crippen LogP contribution in [0.15, 0.2) is 59.5 Å². The molecule has 34 heavy (non-hydrogen) atoms. The van der Waals surface area contributed by atoms with Crippen molar-refractivity contribution in [3.8, 4) is 17.2 Å². The molecule has 0 spiro atoms. The lowest BCUT2D eigenvalue weighted by molar-refractivity contribution is 0.158. The molecule has 0 saturated carbocycles. The van der Waals surface area contributed by atoms with Crippen LogP contribution in [0.1, 0.15) is 6.42 Å². The standard InChI is InChI=1S/C25H27ClN2O5S/c26-21-6-4-20-15-22(7-5-19(20)14-21)34(29,30)27-16-18-8-9-28(17-18)10-11-31-23-2-1-3-24-25(23)33-13-12-32-24/h1-7,14-15,18,27H,8-13,16-17H2. The normalized spacial score (nSPS) is 18.3. The molecule has 3 aromatic carbocycles. The van der Waals surface area contributed by atoms with Crippen molar-refractivity contribution in [2.75, 3.05) is 46.0 Å². The highest BCUT2D eigenvalue weighted by molar-refractivity contribution is 7.89. The number of nitrogens with one attached hydrogen (secondary N) is 1. The zero-order valence-electron chi connectivity index (χ0n) is 18.7. The lowest BCUT2D eigenvalue weighted by Gasteiger charge is -2.22. The van der Waals surface area contributed by atoms with Crippen LogP contribution in [0.2, 0.25) is 5.02 Å². The molecule has 1 atom stereocenters. The molecule has 1 N–H and O–H groups in total. The van der Waals surface area contributed by atoms with Crippen molar-refractivity contribution >= 4 is 32.4 Å². The summed E-state index contributed by atoms with van der Waals surface area (Å²) >= 11 is 6.02. The lowest BCUT2D eigenvalue weighted by Crippen LogP contribution is -2.32. The van der Waals surface area contributed by atoms with E-state index in [9.17, 15) is 8.42 Å². The monoisotopic (exact) mass is 502 g/mol. The van der Waals surface area contributed by atoms with Crippen molar-refractivity contribution in [1.29, 1.82) is 0 Å². The molecule has 2 aliphatic heterocycles. The Kier molecular flexibility index (Phi) is 6.83. The van der Waals surface area contributed by atoms with Gasteiger partial charge >= 0.3 is 0 Å². The molecule has 0 amide bonds. The smallest absolute Gasteiger partial charge is 0.240 e. The zero-order valence-corrected chi connectivity index (χ0v) is 20.3. The van der Waals surface area contributed by atoms with Gasteiger partial charge in [-0.05, 0) is 66.1 Å². The van der Waals surface area contributed by atoms with Gasteiger partial charge in [0.15, 0.2) is 11.5 Å². The Bertz CT molecular complexity index is 1280. The predicted octanol–water partition coefficient (Wildman–Crippen LogP) is 3.94. The van der Waals surface area contributed by atoms with Crippen molar-refractivity contribution in [3.05, 3.63) is 59.6 Å². The van der Waals surface area contributed by atoms with Crippen LogP contribution in [-0.4, -0.2) is 59.3 Å². The van der Waals surface area contributed by atoms with Gasteiger partial charge in [0.25, 0.3) is 0 Å². The van der Waals surface area contributed by atoms with Crippen molar-refractivity contribution < 1.29 is 22.6 Å². The summed E-state index contributed by atoms with van der Waals surface area (Å²) in [5.41, 5.74) is 0. The molecule has 0 bridgehead atoms. The minimum atomic E-state index is -3.58. The maximum atomic E-state index is 12.8. The molecular weight excluding hydrogens is 476 g/mol. The Labute approximate surface area is 204 Å². The van der Waals surface area contributed by atoms with Crippen molar-refractivity contribution in [2.24, 2.45) is 5.92 Å². The van der Waals surface area contributed by atoms with E-state index in [-0.39, 0.29) is 10.8 Å². The van der Waals surface area contributed by atoms with Crippen LogP contribution in [0.5, 0.6) is 17.2 Å². The first kappa shape index (κ1) is 23.2. The highest BCUT2D eigenvalue weighted by Gasteiger charge is 2.25. The molecule has 180 valence electrons. The summed E-state index contributed by atoms with van der Waals surface area (Å²) in [6, 6.07) is 16.2. The fourth-order valence-electron chi connectivity index (χ4n) is 4.40. The number of nitrogens with zero attached hydrogens (tertiary/aromatic N) is 1. The number of ether oxygens (including phenoxy) is 3. The van der Waals surface area contributed by atoms with Crippen molar-refractivity contribution in [2.45, 2.75) is 11.3 Å². The molecule has 2 heterocycles. The number of benzene rings is 3. The minimum absolute atomic E-state index is 0.259. The second-order valence-electron chi connectivity index (χ2n) is 8.59. The SMILES string of the molecule is O=S(=O)(NCC1CCN(CCOc2cccc3c2OCCO3)C1)c1ccc2cc(Cl)ccc2c1. The van der Waals surface area contributed by atoms with Gasteiger partial charge in [0.2, 0.25) is 15.8 Å². The van der Waals surface area contributed by atoms with Gasteiger partial charge in [0, 0.05) is 24.7 Å². The molecule has 3 aromatic rings. The maximum Gasteiger partial charge on any atom is 0.240 e. The van der Waals surface area contributed by atoms with Gasteiger partial charge in [-0.15, -0.1) is 0 Å². The molecule has 1 unspecified atom stereocenters. The summed E-state index contributed by atoms with van der Waals surface area (Å²) in [6.07, 6.45) is 0.941. The third kappa shape index (κ3) is 5.25. The molecule has 9 heteroatoms. The summed E-state index contributed by atoms with van der Waals surface area (Å²) in [5, 5.41) is 2.38. The Morgan fingerprint density at radius 3 is 2.79 bits per heavy atom. The van der Waals surface area contributed by atoms with Crippen molar-refractivity contribution in [3.63, 3.8) is 0 Å². The topological polar surface area (TPSA) is 77.1 Å². The van der Waals surface area contributed by atoms with Gasteiger partial charge in [-0.1, -0.05) is 29.8 Å². The Hall–Kier alpha value is -2.52. The van der Waals surface area contributed by atoms with Crippen LogP contribution >= 0.6 is 11.6 Å². The van der Waals surface area contributed by atoms with E-state index in [1.807, 2.05) is 30.3 Å². The van der Waals surface area contributed by atoms with E-state index in [1.54, 1.807) is 24.3 Å². The third-order valence-electron chi connectivity index (χ3n) is 6.21. The van der Waals surface area contributed by atoms with Crippen LogP contribution in [0.25, 0.3) is 10.8 Å². The number of para-hydroxylation sites is 1. The fraction of sp³-hybridized carbons (Fsp3) is 0.360. The number of sulfonamides is 1. The van der Waals surface area contributed by atoms with Crippen LogP contribution in [0.4, 0.5) is 0 Å². The summed E-state index contributed by atoms with van der Waals surface area (Å²) in [6.45, 7) is 4.51. The molecular formula is C25H27ClN2O5S. The average Bonchev–Trinajstić information content (AvgIpc) is 3.30.